The lowest BCUT2D eigenvalue weighted by Crippen LogP contribution is -2.57. The third-order valence-corrected chi connectivity index (χ3v) is 6.32. The molecule has 3 N–H and O–H groups in total. The van der Waals surface area contributed by atoms with Gasteiger partial charge in [-0.05, 0) is 24.5 Å². The van der Waals surface area contributed by atoms with E-state index in [0.717, 1.165) is 25.7 Å². The van der Waals surface area contributed by atoms with Crippen LogP contribution in [0, 0.1) is 17.2 Å². The van der Waals surface area contributed by atoms with Crippen molar-refractivity contribution >= 4 is 23.4 Å². The summed E-state index contributed by atoms with van der Waals surface area (Å²) in [5.74, 6) is -0.706. The predicted octanol–water partition coefficient (Wildman–Crippen LogP) is 2.90. The molecule has 8 nitrogen and oxygen atoms in total. The molecule has 1 aliphatic carbocycles. The number of ether oxygens (including phenoxy) is 1. The van der Waals surface area contributed by atoms with Crippen molar-refractivity contribution in [1.82, 2.24) is 10.6 Å². The minimum absolute atomic E-state index is 0.280. The highest BCUT2D eigenvalue weighted by molar-refractivity contribution is 6.04. The molecule has 1 aromatic rings. The summed E-state index contributed by atoms with van der Waals surface area (Å²) in [4.78, 5) is 37.9. The Bertz CT molecular complexity index is 867. The van der Waals surface area contributed by atoms with E-state index in [1.54, 1.807) is 24.3 Å². The first-order chi connectivity index (χ1) is 15.4. The van der Waals surface area contributed by atoms with E-state index in [1.807, 2.05) is 0 Å². The largest absolute Gasteiger partial charge is 0.381 e. The number of amides is 3. The molecular formula is C24H32N4O4. The Kier molecular flexibility index (Phi) is 8.23. The van der Waals surface area contributed by atoms with Gasteiger partial charge < -0.3 is 20.7 Å². The van der Waals surface area contributed by atoms with Crippen molar-refractivity contribution in [2.75, 3.05) is 18.5 Å². The Balaban J connectivity index is 1.78. The Morgan fingerprint density at radius 2 is 1.84 bits per heavy atom. The summed E-state index contributed by atoms with van der Waals surface area (Å²) in [7, 11) is 0. The van der Waals surface area contributed by atoms with E-state index in [4.69, 9.17) is 4.74 Å². The quantitative estimate of drug-likeness (QED) is 0.602. The molecule has 1 unspecified atom stereocenters. The van der Waals surface area contributed by atoms with E-state index in [2.05, 4.69) is 22.0 Å². The fraction of sp³-hybridized carbons (Fsp3) is 0.583. The van der Waals surface area contributed by atoms with Crippen molar-refractivity contribution in [3.8, 4) is 6.07 Å². The van der Waals surface area contributed by atoms with Gasteiger partial charge in [-0.3, -0.25) is 14.4 Å². The average Bonchev–Trinajstić information content (AvgIpc) is 2.80. The Hall–Kier alpha value is -2.92. The van der Waals surface area contributed by atoms with E-state index in [1.165, 1.54) is 13.3 Å². The smallest absolute Gasteiger partial charge is 0.254 e. The van der Waals surface area contributed by atoms with Crippen LogP contribution < -0.4 is 16.0 Å². The first kappa shape index (κ1) is 23.7. The molecule has 1 atom stereocenters. The number of hydrogen-bond donors (Lipinski definition) is 3. The lowest BCUT2D eigenvalue weighted by molar-refractivity contribution is -0.125. The van der Waals surface area contributed by atoms with Gasteiger partial charge in [0.2, 0.25) is 11.8 Å². The minimum Gasteiger partial charge on any atom is -0.381 e. The van der Waals surface area contributed by atoms with Gasteiger partial charge in [0.05, 0.1) is 17.3 Å². The maximum absolute atomic E-state index is 13.3. The number of nitrogens with zero attached hydrogens (tertiary/aromatic N) is 1. The summed E-state index contributed by atoms with van der Waals surface area (Å²) in [5.41, 5.74) is -0.281. The molecule has 3 rings (SSSR count). The summed E-state index contributed by atoms with van der Waals surface area (Å²) < 4.78 is 5.35. The average molecular weight is 441 g/mol. The van der Waals surface area contributed by atoms with E-state index in [0.29, 0.717) is 49.6 Å². The topological polar surface area (TPSA) is 120 Å². The zero-order chi connectivity index (χ0) is 23.0. The van der Waals surface area contributed by atoms with Gasteiger partial charge in [0.15, 0.2) is 0 Å². The normalized spacial score (nSPS) is 19.2. The number of carbonyl (C=O) groups is 3. The second kappa shape index (κ2) is 11.1. The van der Waals surface area contributed by atoms with Gasteiger partial charge in [-0.15, -0.1) is 0 Å². The molecule has 0 radical (unpaired) electrons. The van der Waals surface area contributed by atoms with Gasteiger partial charge in [0.1, 0.15) is 11.6 Å². The second-order valence-electron chi connectivity index (χ2n) is 8.79. The molecule has 1 aliphatic heterocycles. The van der Waals surface area contributed by atoms with E-state index >= 15 is 0 Å². The van der Waals surface area contributed by atoms with Gasteiger partial charge in [-0.25, -0.2) is 0 Å². The number of benzene rings is 1. The monoisotopic (exact) mass is 440 g/mol. The van der Waals surface area contributed by atoms with E-state index in [9.17, 15) is 19.6 Å². The van der Waals surface area contributed by atoms with Crippen molar-refractivity contribution < 1.29 is 19.1 Å². The van der Waals surface area contributed by atoms with Gasteiger partial charge in [-0.2, -0.15) is 5.26 Å². The number of carbonyl (C=O) groups excluding carboxylic acids is 3. The van der Waals surface area contributed by atoms with Crippen LogP contribution in [-0.4, -0.2) is 42.5 Å². The fourth-order valence-corrected chi connectivity index (χ4v) is 4.51. The molecule has 0 bridgehead atoms. The first-order valence-corrected chi connectivity index (χ1v) is 11.4. The van der Waals surface area contributed by atoms with Crippen molar-refractivity contribution in [2.45, 2.75) is 69.9 Å². The Morgan fingerprint density at radius 3 is 2.50 bits per heavy atom. The summed E-state index contributed by atoms with van der Waals surface area (Å²) in [6, 6.07) is 8.20. The molecule has 1 saturated carbocycles. The summed E-state index contributed by atoms with van der Waals surface area (Å²) in [6.07, 6.45) is 6.86. The molecule has 2 aliphatic rings. The zero-order valence-corrected chi connectivity index (χ0v) is 18.6. The van der Waals surface area contributed by atoms with Crippen molar-refractivity contribution in [1.29, 1.82) is 5.26 Å². The van der Waals surface area contributed by atoms with Crippen LogP contribution >= 0.6 is 0 Å². The summed E-state index contributed by atoms with van der Waals surface area (Å²) in [6.45, 7) is 2.21. The van der Waals surface area contributed by atoms with Crippen LogP contribution in [0.1, 0.15) is 68.6 Å². The molecule has 2 fully saturated rings. The molecule has 8 heteroatoms. The molecule has 32 heavy (non-hydrogen) atoms. The molecular weight excluding hydrogens is 408 g/mol. The second-order valence-corrected chi connectivity index (χ2v) is 8.79. The number of para-hydroxylation sites is 1. The SMILES string of the molecule is CC(=O)Nc1ccccc1C(=O)NC(CC1CCCCC1)C(=O)NC1(C#N)CCOCC1. The number of rotatable bonds is 7. The van der Waals surface area contributed by atoms with Crippen molar-refractivity contribution in [3.63, 3.8) is 0 Å². The highest BCUT2D eigenvalue weighted by Crippen LogP contribution is 2.28. The van der Waals surface area contributed by atoms with Crippen LogP contribution in [0.15, 0.2) is 24.3 Å². The van der Waals surface area contributed by atoms with Gasteiger partial charge >= 0.3 is 0 Å². The van der Waals surface area contributed by atoms with Crippen LogP contribution in [-0.2, 0) is 14.3 Å². The summed E-state index contributed by atoms with van der Waals surface area (Å²) in [5, 5.41) is 18.2. The number of nitrogens with one attached hydrogen (secondary N) is 3. The first-order valence-electron chi connectivity index (χ1n) is 11.4. The standard InChI is InChI=1S/C24H32N4O4/c1-17(29)26-20-10-6-5-9-19(20)22(30)27-21(15-18-7-3-2-4-8-18)23(31)28-24(16-25)11-13-32-14-12-24/h5-6,9-10,18,21H,2-4,7-8,11-15H2,1H3,(H,26,29)(H,27,30)(H,28,31). The number of hydrogen-bond acceptors (Lipinski definition) is 5. The maximum atomic E-state index is 13.3. The third-order valence-electron chi connectivity index (χ3n) is 6.32. The predicted molar refractivity (Wildman–Crippen MR) is 120 cm³/mol. The number of nitriles is 1. The van der Waals surface area contributed by atoms with Crippen LogP contribution in [0.25, 0.3) is 0 Å². The van der Waals surface area contributed by atoms with Gasteiger partial charge in [0, 0.05) is 33.0 Å². The van der Waals surface area contributed by atoms with Gasteiger partial charge in [0.25, 0.3) is 5.91 Å². The Morgan fingerprint density at radius 1 is 1.16 bits per heavy atom. The zero-order valence-electron chi connectivity index (χ0n) is 18.6. The lowest BCUT2D eigenvalue weighted by atomic mass is 9.84. The summed E-state index contributed by atoms with van der Waals surface area (Å²) >= 11 is 0. The van der Waals surface area contributed by atoms with Crippen molar-refractivity contribution in [3.05, 3.63) is 29.8 Å². The highest BCUT2D eigenvalue weighted by atomic mass is 16.5. The number of anilines is 1. The molecule has 1 saturated heterocycles. The van der Waals surface area contributed by atoms with Crippen LogP contribution in [0.5, 0.6) is 0 Å². The molecule has 1 heterocycles. The van der Waals surface area contributed by atoms with Crippen LogP contribution in [0.3, 0.4) is 0 Å². The molecule has 1 aromatic carbocycles. The molecule has 0 aromatic heterocycles. The maximum Gasteiger partial charge on any atom is 0.254 e. The van der Waals surface area contributed by atoms with Crippen LogP contribution in [0.2, 0.25) is 0 Å². The van der Waals surface area contributed by atoms with E-state index < -0.39 is 17.5 Å². The molecule has 172 valence electrons. The van der Waals surface area contributed by atoms with E-state index in [-0.39, 0.29) is 11.8 Å². The lowest BCUT2D eigenvalue weighted by Gasteiger charge is -2.34. The van der Waals surface area contributed by atoms with Crippen molar-refractivity contribution in [2.24, 2.45) is 5.92 Å². The highest BCUT2D eigenvalue weighted by Gasteiger charge is 2.37. The molecule has 0 spiro atoms. The van der Waals surface area contributed by atoms with Crippen LogP contribution in [0.4, 0.5) is 5.69 Å². The third kappa shape index (κ3) is 6.30. The fourth-order valence-electron chi connectivity index (χ4n) is 4.51. The van der Waals surface area contributed by atoms with Gasteiger partial charge in [-0.1, -0.05) is 44.2 Å². The Labute approximate surface area is 189 Å². The molecule has 3 amide bonds. The minimum atomic E-state index is -0.973.